The molecule has 1 aliphatic carbocycles. The molecule has 3 atom stereocenters. The van der Waals surface area contributed by atoms with Crippen LogP contribution in [0.1, 0.15) is 40.0 Å². The molecule has 0 amide bonds. The zero-order chi connectivity index (χ0) is 13.8. The third-order valence-corrected chi connectivity index (χ3v) is 9.11. The van der Waals surface area contributed by atoms with Crippen molar-refractivity contribution in [3.63, 3.8) is 0 Å². The molecule has 1 heterocycles. The van der Waals surface area contributed by atoms with Gasteiger partial charge < -0.3 is 14.3 Å². The highest BCUT2D eigenvalue weighted by Gasteiger charge is 2.54. The van der Waals surface area contributed by atoms with Crippen LogP contribution in [0.15, 0.2) is 0 Å². The molecule has 0 unspecified atom stereocenters. The van der Waals surface area contributed by atoms with Crippen LogP contribution >= 0.6 is 0 Å². The molecule has 5 heteroatoms. The summed E-state index contributed by atoms with van der Waals surface area (Å²) in [5.74, 6) is -0.464. The number of aliphatic hydroxyl groups is 1. The molecule has 2 aliphatic rings. The fraction of sp³-hybridized carbons (Fsp3) is 0.923. The van der Waals surface area contributed by atoms with Crippen molar-refractivity contribution < 1.29 is 19.1 Å². The zero-order valence-electron chi connectivity index (χ0n) is 11.9. The highest BCUT2D eigenvalue weighted by Crippen LogP contribution is 2.43. The fourth-order valence-electron chi connectivity index (χ4n) is 2.50. The molecular formula is C13H24O4Si. The van der Waals surface area contributed by atoms with Crippen molar-refractivity contribution in [2.24, 2.45) is 0 Å². The van der Waals surface area contributed by atoms with Crippen molar-refractivity contribution in [3.05, 3.63) is 0 Å². The summed E-state index contributed by atoms with van der Waals surface area (Å²) in [4.78, 5) is 11.6. The largest absolute Gasteiger partial charge is 0.460 e. The lowest BCUT2D eigenvalue weighted by Gasteiger charge is -2.41. The topological polar surface area (TPSA) is 55.8 Å². The second-order valence-corrected chi connectivity index (χ2v) is 12.0. The van der Waals surface area contributed by atoms with Gasteiger partial charge in [0.05, 0.1) is 6.10 Å². The molecule has 104 valence electrons. The molecular weight excluding hydrogens is 248 g/mol. The third-order valence-electron chi connectivity index (χ3n) is 4.58. The minimum atomic E-state index is -1.86. The summed E-state index contributed by atoms with van der Waals surface area (Å²) >= 11 is 0. The number of esters is 1. The Bertz CT molecular complexity index is 360. The Kier molecular flexibility index (Phi) is 3.15. The smallest absolute Gasteiger partial charge is 0.338 e. The number of ether oxygens (including phenoxy) is 1. The van der Waals surface area contributed by atoms with Gasteiger partial charge in [-0.3, -0.25) is 0 Å². The van der Waals surface area contributed by atoms with E-state index in [0.717, 1.165) is 6.42 Å². The summed E-state index contributed by atoms with van der Waals surface area (Å²) in [5.41, 5.74) is -1.30. The molecule has 1 saturated carbocycles. The maximum atomic E-state index is 11.6. The Hall–Kier alpha value is -0.393. The molecule has 0 radical (unpaired) electrons. The molecule has 18 heavy (non-hydrogen) atoms. The van der Waals surface area contributed by atoms with Gasteiger partial charge in [0, 0.05) is 19.3 Å². The Morgan fingerprint density at radius 3 is 2.50 bits per heavy atom. The molecule has 1 N–H and O–H groups in total. The van der Waals surface area contributed by atoms with Gasteiger partial charge in [-0.25, -0.2) is 4.79 Å². The van der Waals surface area contributed by atoms with Crippen molar-refractivity contribution in [2.45, 2.75) is 76.0 Å². The lowest BCUT2D eigenvalue weighted by atomic mass is 9.84. The van der Waals surface area contributed by atoms with Gasteiger partial charge in [-0.15, -0.1) is 0 Å². The van der Waals surface area contributed by atoms with Gasteiger partial charge in [0.1, 0.15) is 6.10 Å². The predicted octanol–water partition coefficient (Wildman–Crippen LogP) is 2.22. The van der Waals surface area contributed by atoms with Crippen LogP contribution in [0.3, 0.4) is 0 Å². The van der Waals surface area contributed by atoms with Crippen molar-refractivity contribution in [2.75, 3.05) is 0 Å². The number of rotatable bonds is 2. The zero-order valence-corrected chi connectivity index (χ0v) is 12.9. The maximum Gasteiger partial charge on any atom is 0.338 e. The van der Waals surface area contributed by atoms with Crippen LogP contribution in [-0.2, 0) is 14.0 Å². The molecule has 0 aromatic carbocycles. The van der Waals surface area contributed by atoms with Crippen LogP contribution in [0.5, 0.6) is 0 Å². The number of hydrogen-bond donors (Lipinski definition) is 1. The van der Waals surface area contributed by atoms with Gasteiger partial charge in [-0.05, 0) is 18.1 Å². The van der Waals surface area contributed by atoms with Crippen molar-refractivity contribution in [1.29, 1.82) is 0 Å². The van der Waals surface area contributed by atoms with Gasteiger partial charge in [-0.2, -0.15) is 0 Å². The predicted molar refractivity (Wildman–Crippen MR) is 70.8 cm³/mol. The molecule has 2 fully saturated rings. The normalized spacial score (nSPS) is 36.7. The van der Waals surface area contributed by atoms with Gasteiger partial charge in [0.2, 0.25) is 0 Å². The van der Waals surface area contributed by atoms with E-state index in [1.807, 2.05) is 0 Å². The molecule has 0 aromatic rings. The van der Waals surface area contributed by atoms with Gasteiger partial charge in [0.15, 0.2) is 13.9 Å². The average molecular weight is 272 g/mol. The highest BCUT2D eigenvalue weighted by molar-refractivity contribution is 6.74. The first-order valence-corrected chi connectivity index (χ1v) is 9.56. The summed E-state index contributed by atoms with van der Waals surface area (Å²) in [6, 6.07) is 0. The van der Waals surface area contributed by atoms with Crippen molar-refractivity contribution in [1.82, 2.24) is 0 Å². The van der Waals surface area contributed by atoms with E-state index in [9.17, 15) is 9.90 Å². The second kappa shape index (κ2) is 4.05. The summed E-state index contributed by atoms with van der Waals surface area (Å²) in [6.45, 7) is 10.9. The van der Waals surface area contributed by atoms with Crippen LogP contribution < -0.4 is 0 Å². The van der Waals surface area contributed by atoms with Gasteiger partial charge >= 0.3 is 5.97 Å². The van der Waals surface area contributed by atoms with E-state index in [2.05, 4.69) is 33.9 Å². The van der Waals surface area contributed by atoms with Crippen LogP contribution in [0.2, 0.25) is 18.1 Å². The van der Waals surface area contributed by atoms with Gasteiger partial charge in [0.25, 0.3) is 0 Å². The minimum Gasteiger partial charge on any atom is -0.460 e. The Labute approximate surface area is 110 Å². The van der Waals surface area contributed by atoms with Crippen molar-refractivity contribution >= 4 is 14.3 Å². The number of carbonyl (C=O) groups is 1. The molecule has 0 aromatic heterocycles. The van der Waals surface area contributed by atoms with E-state index in [1.165, 1.54) is 0 Å². The Morgan fingerprint density at radius 1 is 1.39 bits per heavy atom. The number of fused-ring (bicyclic) bond motifs is 2. The standard InChI is InChI=1S/C13H24O4Si/c1-12(2,3)18(4,5)17-10-6-9-7-13(15,8-10)11(14)16-9/h9-10,15H,6-8H2,1-5H3/t9-,10-,13+/m0/s1. The summed E-state index contributed by atoms with van der Waals surface area (Å²) < 4.78 is 11.4. The van der Waals surface area contributed by atoms with E-state index in [-0.39, 0.29) is 17.2 Å². The van der Waals surface area contributed by atoms with Crippen LogP contribution in [-0.4, -0.2) is 37.2 Å². The average Bonchev–Trinajstić information content (AvgIpc) is 2.32. The summed E-state index contributed by atoms with van der Waals surface area (Å²) in [5, 5.41) is 10.4. The number of hydrogen-bond acceptors (Lipinski definition) is 4. The highest BCUT2D eigenvalue weighted by atomic mass is 28.4. The second-order valence-electron chi connectivity index (χ2n) is 7.20. The molecule has 1 saturated heterocycles. The van der Waals surface area contributed by atoms with Crippen LogP contribution in [0.4, 0.5) is 0 Å². The molecule has 0 spiro atoms. The maximum absolute atomic E-state index is 11.6. The molecule has 2 rings (SSSR count). The first-order chi connectivity index (χ1) is 8.03. The first kappa shape index (κ1) is 14.0. The molecule has 4 nitrogen and oxygen atoms in total. The SMILES string of the molecule is CC(C)(C)[Si](C)(C)O[C@H]1C[C@H]2C[C@@](O)(C1)C(=O)O2. The monoisotopic (exact) mass is 272 g/mol. The van der Waals surface area contributed by atoms with E-state index in [4.69, 9.17) is 9.16 Å². The molecule has 2 bridgehead atoms. The Balaban J connectivity index is 2.07. The lowest BCUT2D eigenvalue weighted by Crippen LogP contribution is -2.49. The summed E-state index contributed by atoms with van der Waals surface area (Å²) in [6.07, 6.45) is 1.32. The first-order valence-electron chi connectivity index (χ1n) is 6.65. The number of carbonyl (C=O) groups excluding carboxylic acids is 1. The summed E-state index contributed by atoms with van der Waals surface area (Å²) in [7, 11) is -1.86. The Morgan fingerprint density at radius 2 is 2.00 bits per heavy atom. The quantitative estimate of drug-likeness (QED) is 0.618. The van der Waals surface area contributed by atoms with E-state index >= 15 is 0 Å². The van der Waals surface area contributed by atoms with Crippen LogP contribution in [0, 0.1) is 0 Å². The molecule has 1 aliphatic heterocycles. The van der Waals surface area contributed by atoms with E-state index < -0.39 is 19.9 Å². The van der Waals surface area contributed by atoms with E-state index in [1.54, 1.807) is 0 Å². The lowest BCUT2D eigenvalue weighted by molar-refractivity contribution is -0.154. The third kappa shape index (κ3) is 2.35. The fourth-order valence-corrected chi connectivity index (χ4v) is 3.86. The van der Waals surface area contributed by atoms with Crippen LogP contribution in [0.25, 0.3) is 0 Å². The van der Waals surface area contributed by atoms with Gasteiger partial charge in [-0.1, -0.05) is 20.8 Å². The minimum absolute atomic E-state index is 0.0545. The van der Waals surface area contributed by atoms with E-state index in [0.29, 0.717) is 12.8 Å². The van der Waals surface area contributed by atoms with Crippen molar-refractivity contribution in [3.8, 4) is 0 Å².